The number of nitrogens with zero attached hydrogens (tertiary/aromatic N) is 2. The number of rotatable bonds is 2. The molecular weight excluding hydrogens is 344 g/mol. The van der Waals surface area contributed by atoms with Gasteiger partial charge < -0.3 is 14.5 Å². The topological polar surface area (TPSA) is 66.9 Å². The normalized spacial score (nSPS) is 34.1. The van der Waals surface area contributed by atoms with E-state index < -0.39 is 11.5 Å². The SMILES string of the molecule is C=C[C@]12C[C@H]3C(=O)N4CCC[C@H]4C(=O)N3[C@H]1CC(=O)c1cc(OC)ccc12. The zero-order chi connectivity index (χ0) is 18.9. The van der Waals surface area contributed by atoms with Gasteiger partial charge in [0, 0.05) is 23.9 Å². The van der Waals surface area contributed by atoms with Gasteiger partial charge >= 0.3 is 0 Å². The quantitative estimate of drug-likeness (QED) is 0.747. The van der Waals surface area contributed by atoms with Crippen LogP contribution in [0.3, 0.4) is 0 Å². The number of hydrogen-bond donors (Lipinski definition) is 0. The lowest BCUT2D eigenvalue weighted by Gasteiger charge is -2.44. The molecule has 2 amide bonds. The molecule has 3 saturated heterocycles. The Labute approximate surface area is 157 Å². The summed E-state index contributed by atoms with van der Waals surface area (Å²) in [5.41, 5.74) is 0.895. The van der Waals surface area contributed by atoms with Crippen molar-refractivity contribution in [3.63, 3.8) is 0 Å². The molecule has 1 aliphatic carbocycles. The Bertz CT molecular complexity index is 894. The van der Waals surface area contributed by atoms with Crippen molar-refractivity contribution in [2.24, 2.45) is 0 Å². The van der Waals surface area contributed by atoms with E-state index >= 15 is 0 Å². The molecule has 0 unspecified atom stereocenters. The van der Waals surface area contributed by atoms with Crippen LogP contribution in [0.1, 0.15) is 41.6 Å². The van der Waals surface area contributed by atoms with E-state index in [2.05, 4.69) is 6.58 Å². The number of methoxy groups -OCH3 is 1. The molecule has 0 bridgehead atoms. The number of hydrogen-bond acceptors (Lipinski definition) is 4. The fraction of sp³-hybridized carbons (Fsp3) is 0.476. The molecule has 1 aromatic rings. The second kappa shape index (κ2) is 5.44. The summed E-state index contributed by atoms with van der Waals surface area (Å²) >= 11 is 0. The van der Waals surface area contributed by atoms with Crippen molar-refractivity contribution >= 4 is 17.6 Å². The van der Waals surface area contributed by atoms with Crippen LogP contribution in [-0.4, -0.2) is 59.2 Å². The van der Waals surface area contributed by atoms with E-state index in [0.29, 0.717) is 30.7 Å². The number of benzene rings is 1. The van der Waals surface area contributed by atoms with Gasteiger partial charge in [-0.05, 0) is 37.0 Å². The lowest BCUT2D eigenvalue weighted by atomic mass is 9.66. The van der Waals surface area contributed by atoms with E-state index in [1.807, 2.05) is 18.2 Å². The molecule has 6 nitrogen and oxygen atoms in total. The number of carbonyl (C=O) groups excluding carboxylic acids is 3. The molecule has 140 valence electrons. The summed E-state index contributed by atoms with van der Waals surface area (Å²) in [6.45, 7) is 4.71. The molecule has 3 aliphatic heterocycles. The van der Waals surface area contributed by atoms with Crippen molar-refractivity contribution in [3.8, 4) is 5.75 Å². The highest BCUT2D eigenvalue weighted by Crippen LogP contribution is 2.52. The fourth-order valence-corrected chi connectivity index (χ4v) is 5.66. The van der Waals surface area contributed by atoms with Crippen molar-refractivity contribution < 1.29 is 19.1 Å². The zero-order valence-electron chi connectivity index (χ0n) is 15.3. The van der Waals surface area contributed by atoms with Gasteiger partial charge in [-0.2, -0.15) is 0 Å². The van der Waals surface area contributed by atoms with E-state index in [1.165, 1.54) is 0 Å². The molecule has 4 aliphatic rings. The molecule has 4 atom stereocenters. The molecule has 3 fully saturated rings. The first-order chi connectivity index (χ1) is 13.0. The monoisotopic (exact) mass is 366 g/mol. The molecular formula is C21H22N2O4. The van der Waals surface area contributed by atoms with Crippen LogP contribution in [0.2, 0.25) is 0 Å². The summed E-state index contributed by atoms with van der Waals surface area (Å²) in [6, 6.07) is 4.29. The summed E-state index contributed by atoms with van der Waals surface area (Å²) in [6.07, 6.45) is 4.13. The standard InChI is InChI=1S/C21H22N2O4/c1-3-21-11-16-19(25)22-8-4-5-15(22)20(26)23(16)18(21)10-17(24)13-9-12(27-2)6-7-14(13)21/h3,6-7,9,15-16,18H,1,4-5,8,10-11H2,2H3/t15-,16-,18-,21+/m0/s1. The Balaban J connectivity index is 1.66. The van der Waals surface area contributed by atoms with Crippen molar-refractivity contribution in [2.45, 2.75) is 49.2 Å². The summed E-state index contributed by atoms with van der Waals surface area (Å²) in [7, 11) is 1.57. The van der Waals surface area contributed by atoms with Crippen molar-refractivity contribution in [3.05, 3.63) is 42.0 Å². The van der Waals surface area contributed by atoms with Gasteiger partial charge in [0.2, 0.25) is 11.8 Å². The van der Waals surface area contributed by atoms with E-state index in [9.17, 15) is 14.4 Å². The number of ketones is 1. The van der Waals surface area contributed by atoms with Gasteiger partial charge in [0.25, 0.3) is 0 Å². The number of fused-ring (bicyclic) bond motifs is 6. The predicted octanol–water partition coefficient (Wildman–Crippen LogP) is 1.68. The minimum absolute atomic E-state index is 0.00409. The molecule has 27 heavy (non-hydrogen) atoms. The maximum absolute atomic E-state index is 13.2. The Kier molecular flexibility index (Phi) is 3.33. The van der Waals surface area contributed by atoms with Gasteiger partial charge in [-0.25, -0.2) is 0 Å². The van der Waals surface area contributed by atoms with Gasteiger partial charge in [-0.15, -0.1) is 6.58 Å². The van der Waals surface area contributed by atoms with Crippen LogP contribution in [0.15, 0.2) is 30.9 Å². The highest BCUT2D eigenvalue weighted by atomic mass is 16.5. The lowest BCUT2D eigenvalue weighted by Crippen LogP contribution is -2.63. The predicted molar refractivity (Wildman–Crippen MR) is 97.6 cm³/mol. The Morgan fingerprint density at radius 3 is 2.78 bits per heavy atom. The maximum atomic E-state index is 13.2. The van der Waals surface area contributed by atoms with Crippen LogP contribution in [-0.2, 0) is 15.0 Å². The zero-order valence-corrected chi connectivity index (χ0v) is 15.3. The molecule has 1 aromatic carbocycles. The largest absolute Gasteiger partial charge is 0.497 e. The summed E-state index contributed by atoms with van der Waals surface area (Å²) < 4.78 is 5.28. The first-order valence-corrected chi connectivity index (χ1v) is 9.50. The van der Waals surface area contributed by atoms with Crippen LogP contribution in [0, 0.1) is 0 Å². The summed E-state index contributed by atoms with van der Waals surface area (Å²) in [4.78, 5) is 42.7. The van der Waals surface area contributed by atoms with E-state index in [-0.39, 0.29) is 36.1 Å². The Hall–Kier alpha value is -2.63. The molecule has 5 rings (SSSR count). The second-order valence-corrected chi connectivity index (χ2v) is 7.95. The van der Waals surface area contributed by atoms with E-state index in [1.54, 1.807) is 23.0 Å². The van der Waals surface area contributed by atoms with Gasteiger partial charge in [0.1, 0.15) is 17.8 Å². The fourth-order valence-electron chi connectivity index (χ4n) is 5.66. The number of ether oxygens (including phenoxy) is 1. The summed E-state index contributed by atoms with van der Waals surface area (Å²) in [5, 5.41) is 0. The first-order valence-electron chi connectivity index (χ1n) is 9.50. The third kappa shape index (κ3) is 1.93. The molecule has 0 N–H and O–H groups in total. The van der Waals surface area contributed by atoms with Gasteiger partial charge in [0.05, 0.1) is 13.2 Å². The lowest BCUT2D eigenvalue weighted by molar-refractivity contribution is -0.159. The van der Waals surface area contributed by atoms with Gasteiger partial charge in [0.15, 0.2) is 5.78 Å². The van der Waals surface area contributed by atoms with E-state index in [4.69, 9.17) is 4.74 Å². The van der Waals surface area contributed by atoms with Crippen LogP contribution >= 0.6 is 0 Å². The van der Waals surface area contributed by atoms with Crippen molar-refractivity contribution in [1.29, 1.82) is 0 Å². The molecule has 0 spiro atoms. The third-order valence-corrected chi connectivity index (χ3v) is 6.93. The van der Waals surface area contributed by atoms with Crippen LogP contribution in [0.5, 0.6) is 5.75 Å². The van der Waals surface area contributed by atoms with Gasteiger partial charge in [-0.1, -0.05) is 12.1 Å². The highest BCUT2D eigenvalue weighted by molar-refractivity contribution is 6.04. The molecule has 6 heteroatoms. The number of carbonyl (C=O) groups is 3. The van der Waals surface area contributed by atoms with Crippen LogP contribution in [0.25, 0.3) is 0 Å². The number of Topliss-reactive ketones (excluding diaryl/α,β-unsaturated/α-hetero) is 1. The smallest absolute Gasteiger partial charge is 0.246 e. The number of amides is 2. The van der Waals surface area contributed by atoms with Crippen LogP contribution < -0.4 is 4.74 Å². The Morgan fingerprint density at radius 2 is 2.04 bits per heavy atom. The average molecular weight is 366 g/mol. The highest BCUT2D eigenvalue weighted by Gasteiger charge is 2.62. The molecule has 0 radical (unpaired) electrons. The number of piperazine rings is 1. The second-order valence-electron chi connectivity index (χ2n) is 7.95. The molecule has 3 heterocycles. The van der Waals surface area contributed by atoms with Gasteiger partial charge in [-0.3, -0.25) is 14.4 Å². The summed E-state index contributed by atoms with van der Waals surface area (Å²) in [5.74, 6) is 0.634. The Morgan fingerprint density at radius 1 is 1.22 bits per heavy atom. The maximum Gasteiger partial charge on any atom is 0.246 e. The van der Waals surface area contributed by atoms with Crippen molar-refractivity contribution in [1.82, 2.24) is 9.80 Å². The van der Waals surface area contributed by atoms with Crippen LogP contribution in [0.4, 0.5) is 0 Å². The third-order valence-electron chi connectivity index (χ3n) is 6.93. The van der Waals surface area contributed by atoms with Crippen molar-refractivity contribution in [2.75, 3.05) is 13.7 Å². The minimum atomic E-state index is -0.578. The molecule has 0 aromatic heterocycles. The first kappa shape index (κ1) is 16.5. The minimum Gasteiger partial charge on any atom is -0.497 e. The average Bonchev–Trinajstić information content (AvgIpc) is 3.30. The van der Waals surface area contributed by atoms with E-state index in [0.717, 1.165) is 12.0 Å². The molecule has 0 saturated carbocycles.